The van der Waals surface area contributed by atoms with Gasteiger partial charge in [-0.05, 0) is 20.3 Å². The summed E-state index contributed by atoms with van der Waals surface area (Å²) in [7, 11) is 0. The lowest BCUT2D eigenvalue weighted by molar-refractivity contribution is -0.139. The summed E-state index contributed by atoms with van der Waals surface area (Å²) in [5.41, 5.74) is 0. The summed E-state index contributed by atoms with van der Waals surface area (Å²) in [6.45, 7) is 6.16. The molecule has 0 fully saturated rings. The number of nitrogens with one attached hydrogen (secondary N) is 1. The molecule has 0 heterocycles. The lowest BCUT2D eigenvalue weighted by atomic mass is 10.1. The number of rotatable bonds is 9. The molecule has 0 aromatic heterocycles. The second-order valence-corrected chi connectivity index (χ2v) is 4.12. The monoisotopic (exact) mass is 233 g/mol. The van der Waals surface area contributed by atoms with Crippen molar-refractivity contribution in [2.24, 2.45) is 0 Å². The van der Waals surface area contributed by atoms with E-state index in [4.69, 9.17) is 9.84 Å². The number of aliphatic carboxylic acids is 1. The van der Waals surface area contributed by atoms with Crippen LogP contribution in [0.15, 0.2) is 0 Å². The van der Waals surface area contributed by atoms with Crippen LogP contribution in [0.25, 0.3) is 0 Å². The largest absolute Gasteiger partial charge is 0.480 e. The third kappa shape index (κ3) is 7.62. The van der Waals surface area contributed by atoms with Crippen molar-refractivity contribution in [1.29, 1.82) is 0 Å². The van der Waals surface area contributed by atoms with Crippen molar-refractivity contribution in [3.8, 4) is 0 Å². The van der Waals surface area contributed by atoms with Crippen LogP contribution in [0.3, 0.4) is 0 Å². The molecule has 0 spiro atoms. The number of aliphatic hydroxyl groups is 1. The van der Waals surface area contributed by atoms with E-state index in [2.05, 4.69) is 5.32 Å². The van der Waals surface area contributed by atoms with Gasteiger partial charge in [0.15, 0.2) is 0 Å². The maximum atomic E-state index is 10.8. The molecule has 5 heteroatoms. The predicted molar refractivity (Wildman–Crippen MR) is 61.4 cm³/mol. The van der Waals surface area contributed by atoms with Gasteiger partial charge >= 0.3 is 5.97 Å². The minimum absolute atomic E-state index is 0.0700. The van der Waals surface area contributed by atoms with E-state index in [0.29, 0.717) is 6.42 Å². The summed E-state index contributed by atoms with van der Waals surface area (Å²) in [6.07, 6.45) is 0.761. The smallest absolute Gasteiger partial charge is 0.320 e. The molecular weight excluding hydrogens is 210 g/mol. The van der Waals surface area contributed by atoms with Gasteiger partial charge in [-0.1, -0.05) is 13.3 Å². The van der Waals surface area contributed by atoms with Gasteiger partial charge in [0, 0.05) is 6.54 Å². The van der Waals surface area contributed by atoms with Gasteiger partial charge in [-0.25, -0.2) is 0 Å². The van der Waals surface area contributed by atoms with Crippen LogP contribution in [0, 0.1) is 0 Å². The first-order chi connectivity index (χ1) is 7.47. The van der Waals surface area contributed by atoms with Crippen molar-refractivity contribution in [3.63, 3.8) is 0 Å². The summed E-state index contributed by atoms with van der Waals surface area (Å²) >= 11 is 0. The predicted octanol–water partition coefficient (Wildman–Crippen LogP) is 0.615. The lowest BCUT2D eigenvalue weighted by Crippen LogP contribution is -2.42. The molecule has 96 valence electrons. The fourth-order valence-corrected chi connectivity index (χ4v) is 1.24. The van der Waals surface area contributed by atoms with E-state index >= 15 is 0 Å². The summed E-state index contributed by atoms with van der Waals surface area (Å²) in [5.74, 6) is -0.876. The summed E-state index contributed by atoms with van der Waals surface area (Å²) < 4.78 is 5.22. The van der Waals surface area contributed by atoms with Crippen molar-refractivity contribution in [2.75, 3.05) is 13.2 Å². The minimum Gasteiger partial charge on any atom is -0.480 e. The highest BCUT2D eigenvalue weighted by Crippen LogP contribution is 1.98. The fraction of sp³-hybridized carbons (Fsp3) is 0.909. The molecule has 5 nitrogen and oxygen atoms in total. The highest BCUT2D eigenvalue weighted by molar-refractivity contribution is 5.73. The molecule has 0 bridgehead atoms. The van der Waals surface area contributed by atoms with E-state index < -0.39 is 18.1 Å². The molecule has 0 radical (unpaired) electrons. The van der Waals surface area contributed by atoms with Crippen LogP contribution in [0.4, 0.5) is 0 Å². The number of hydrogen-bond acceptors (Lipinski definition) is 4. The Balaban J connectivity index is 3.77. The molecule has 0 aliphatic carbocycles. The first-order valence-electron chi connectivity index (χ1n) is 5.73. The highest BCUT2D eigenvalue weighted by Gasteiger charge is 2.17. The zero-order valence-corrected chi connectivity index (χ0v) is 10.3. The van der Waals surface area contributed by atoms with Crippen LogP contribution in [-0.2, 0) is 9.53 Å². The number of carboxylic acids is 1. The molecule has 0 saturated carbocycles. The normalized spacial score (nSPS) is 15.1. The quantitative estimate of drug-likeness (QED) is 0.544. The molecule has 0 rings (SSSR count). The van der Waals surface area contributed by atoms with E-state index in [0.717, 1.165) is 6.42 Å². The van der Waals surface area contributed by atoms with Crippen molar-refractivity contribution in [1.82, 2.24) is 5.32 Å². The summed E-state index contributed by atoms with van der Waals surface area (Å²) in [4.78, 5) is 10.8. The van der Waals surface area contributed by atoms with E-state index in [1.807, 2.05) is 20.8 Å². The molecule has 3 N–H and O–H groups in total. The zero-order chi connectivity index (χ0) is 12.6. The van der Waals surface area contributed by atoms with Gasteiger partial charge in [0.1, 0.15) is 6.04 Å². The number of hydrogen-bond donors (Lipinski definition) is 3. The highest BCUT2D eigenvalue weighted by atomic mass is 16.5. The molecule has 2 unspecified atom stereocenters. The second-order valence-electron chi connectivity index (χ2n) is 4.12. The zero-order valence-electron chi connectivity index (χ0n) is 10.3. The SMILES string of the molecule is CCCC(NCC(O)COC(C)C)C(=O)O. The average molecular weight is 233 g/mol. The van der Waals surface area contributed by atoms with E-state index in [-0.39, 0.29) is 19.3 Å². The first kappa shape index (κ1) is 15.3. The van der Waals surface area contributed by atoms with Crippen LogP contribution in [0.2, 0.25) is 0 Å². The van der Waals surface area contributed by atoms with Gasteiger partial charge in [0.05, 0.1) is 18.8 Å². The number of aliphatic hydroxyl groups excluding tert-OH is 1. The van der Waals surface area contributed by atoms with Crippen LogP contribution < -0.4 is 5.32 Å². The lowest BCUT2D eigenvalue weighted by Gasteiger charge is -2.17. The molecule has 0 aliphatic heterocycles. The van der Waals surface area contributed by atoms with Crippen molar-refractivity contribution >= 4 is 5.97 Å². The Kier molecular flexibility index (Phi) is 8.15. The molecular formula is C11H23NO4. The molecule has 16 heavy (non-hydrogen) atoms. The third-order valence-corrected chi connectivity index (χ3v) is 2.10. The van der Waals surface area contributed by atoms with E-state index in [1.165, 1.54) is 0 Å². The Hall–Kier alpha value is -0.650. The number of carbonyl (C=O) groups is 1. The molecule has 2 atom stereocenters. The maximum Gasteiger partial charge on any atom is 0.320 e. The van der Waals surface area contributed by atoms with Crippen LogP contribution in [0.5, 0.6) is 0 Å². The van der Waals surface area contributed by atoms with Crippen molar-refractivity contribution in [2.45, 2.75) is 51.9 Å². The summed E-state index contributed by atoms with van der Waals surface area (Å²) in [5, 5.41) is 21.2. The molecule has 0 aromatic carbocycles. The average Bonchev–Trinajstić information content (AvgIpc) is 2.20. The minimum atomic E-state index is -0.876. The Bertz CT molecular complexity index is 196. The van der Waals surface area contributed by atoms with Crippen molar-refractivity contribution < 1.29 is 19.7 Å². The Morgan fingerprint density at radius 1 is 1.44 bits per heavy atom. The number of carboxylic acid groups (broad SMARTS) is 1. The standard InChI is InChI=1S/C11H23NO4/c1-4-5-10(11(14)15)12-6-9(13)7-16-8(2)3/h8-10,12-13H,4-7H2,1-3H3,(H,14,15). The van der Waals surface area contributed by atoms with Gasteiger partial charge in [-0.3, -0.25) is 4.79 Å². The third-order valence-electron chi connectivity index (χ3n) is 2.10. The Morgan fingerprint density at radius 3 is 2.50 bits per heavy atom. The van der Waals surface area contributed by atoms with Crippen LogP contribution in [-0.4, -0.2) is 47.6 Å². The van der Waals surface area contributed by atoms with Crippen LogP contribution >= 0.6 is 0 Å². The summed E-state index contributed by atoms with van der Waals surface area (Å²) in [6, 6.07) is -0.585. The molecule has 0 saturated heterocycles. The topological polar surface area (TPSA) is 78.8 Å². The first-order valence-corrected chi connectivity index (χ1v) is 5.73. The second kappa shape index (κ2) is 8.50. The van der Waals surface area contributed by atoms with Gasteiger partial charge in [-0.2, -0.15) is 0 Å². The van der Waals surface area contributed by atoms with Gasteiger partial charge in [0.25, 0.3) is 0 Å². The molecule has 0 aliphatic rings. The molecule has 0 amide bonds. The van der Waals surface area contributed by atoms with Crippen molar-refractivity contribution in [3.05, 3.63) is 0 Å². The van der Waals surface area contributed by atoms with Gasteiger partial charge in [0.2, 0.25) is 0 Å². The van der Waals surface area contributed by atoms with E-state index in [1.54, 1.807) is 0 Å². The van der Waals surface area contributed by atoms with Gasteiger partial charge in [-0.15, -0.1) is 0 Å². The van der Waals surface area contributed by atoms with E-state index in [9.17, 15) is 9.90 Å². The van der Waals surface area contributed by atoms with Gasteiger partial charge < -0.3 is 20.3 Å². The Morgan fingerprint density at radius 2 is 2.06 bits per heavy atom. The maximum absolute atomic E-state index is 10.8. The van der Waals surface area contributed by atoms with Crippen LogP contribution in [0.1, 0.15) is 33.6 Å². The molecule has 0 aromatic rings. The fourth-order valence-electron chi connectivity index (χ4n) is 1.24. The number of ether oxygens (including phenoxy) is 1. The Labute approximate surface area is 96.8 Å².